The van der Waals surface area contributed by atoms with Crippen molar-refractivity contribution in [3.05, 3.63) is 63.7 Å². The Morgan fingerprint density at radius 1 is 1.41 bits per heavy atom. The third-order valence-electron chi connectivity index (χ3n) is 3.42. The number of rotatable bonds is 5. The molecule has 1 atom stereocenters. The van der Waals surface area contributed by atoms with Crippen molar-refractivity contribution in [3.8, 4) is 0 Å². The Bertz CT molecular complexity index is 775. The van der Waals surface area contributed by atoms with Crippen molar-refractivity contribution in [1.29, 1.82) is 0 Å². The summed E-state index contributed by atoms with van der Waals surface area (Å²) in [5.41, 5.74) is 7.30. The molecular formula is C17H20FN3O. The van der Waals surface area contributed by atoms with E-state index in [1.54, 1.807) is 12.1 Å². The molecule has 0 aliphatic carbocycles. The summed E-state index contributed by atoms with van der Waals surface area (Å²) in [6.45, 7) is 3.41. The van der Waals surface area contributed by atoms with Gasteiger partial charge in [-0.15, -0.1) is 0 Å². The Kier molecular flexibility index (Phi) is 5.09. The summed E-state index contributed by atoms with van der Waals surface area (Å²) in [4.78, 5) is 11.8. The number of aromatic amines is 1. The van der Waals surface area contributed by atoms with Crippen molar-refractivity contribution in [1.82, 2.24) is 10.2 Å². The Hall–Kier alpha value is -2.43. The molecule has 0 aliphatic rings. The molecule has 1 unspecified atom stereocenters. The minimum atomic E-state index is -1.19. The quantitative estimate of drug-likeness (QED) is 0.834. The summed E-state index contributed by atoms with van der Waals surface area (Å²) in [5.74, 6) is 0. The van der Waals surface area contributed by atoms with Crippen LogP contribution in [-0.4, -0.2) is 16.4 Å². The van der Waals surface area contributed by atoms with Crippen molar-refractivity contribution in [2.75, 3.05) is 0 Å². The number of aromatic nitrogens is 2. The molecule has 1 aromatic carbocycles. The molecule has 116 valence electrons. The number of hydrogen-bond donors (Lipinski definition) is 2. The van der Waals surface area contributed by atoms with Gasteiger partial charge in [0, 0.05) is 17.5 Å². The number of hydrogen-bond acceptors (Lipinski definition) is 3. The molecule has 22 heavy (non-hydrogen) atoms. The molecule has 4 nitrogen and oxygen atoms in total. The van der Waals surface area contributed by atoms with Gasteiger partial charge >= 0.3 is 0 Å². The van der Waals surface area contributed by atoms with Crippen LogP contribution in [0.5, 0.6) is 0 Å². The average Bonchev–Trinajstić information content (AvgIpc) is 2.50. The molecule has 0 radical (unpaired) electrons. The maximum Gasteiger partial charge on any atom is 0.272 e. The second-order valence-electron chi connectivity index (χ2n) is 5.17. The molecule has 0 bridgehead atoms. The first-order chi connectivity index (χ1) is 10.5. The van der Waals surface area contributed by atoms with E-state index in [1.807, 2.05) is 31.2 Å². The molecule has 0 saturated heterocycles. The molecule has 2 aromatic rings. The lowest BCUT2D eigenvalue weighted by molar-refractivity contribution is 0.408. The van der Waals surface area contributed by atoms with Crippen molar-refractivity contribution in [3.63, 3.8) is 0 Å². The molecule has 0 fully saturated rings. The van der Waals surface area contributed by atoms with E-state index in [-0.39, 0.29) is 11.3 Å². The van der Waals surface area contributed by atoms with Gasteiger partial charge in [0.1, 0.15) is 6.17 Å². The first kappa shape index (κ1) is 15.9. The highest BCUT2D eigenvalue weighted by molar-refractivity contribution is 5.83. The summed E-state index contributed by atoms with van der Waals surface area (Å²) in [6, 6.07) is 7.30. The van der Waals surface area contributed by atoms with Crippen molar-refractivity contribution in [2.45, 2.75) is 32.9 Å². The number of allylic oxidation sites excluding steroid dienone is 4. The fourth-order valence-electron chi connectivity index (χ4n) is 2.27. The first-order valence-electron chi connectivity index (χ1n) is 7.29. The van der Waals surface area contributed by atoms with Crippen LogP contribution in [0.25, 0.3) is 10.8 Å². The van der Waals surface area contributed by atoms with Crippen LogP contribution in [0.1, 0.15) is 26.0 Å². The van der Waals surface area contributed by atoms with Crippen LogP contribution in [0, 0.1) is 0 Å². The number of fused-ring (bicyclic) bond motifs is 1. The Balaban J connectivity index is 2.44. The Morgan fingerprint density at radius 3 is 2.73 bits per heavy atom. The standard InChI is InChI=1S/C17H20FN3O/c1-3-6-12(9-15(19)11(2)18)10-16-13-7-4-5-8-14(13)17(22)21-20-16/h4-9,11H,3,10,19H2,1-2H3,(H,21,22)/b12-6+,15-9+. The lowest BCUT2D eigenvalue weighted by Gasteiger charge is -2.08. The lowest BCUT2D eigenvalue weighted by atomic mass is 10.0. The van der Waals surface area contributed by atoms with E-state index in [0.717, 1.165) is 23.1 Å². The molecule has 0 amide bonds. The molecule has 0 aliphatic heterocycles. The van der Waals surface area contributed by atoms with Crippen LogP contribution in [0.3, 0.4) is 0 Å². The molecule has 1 heterocycles. The zero-order chi connectivity index (χ0) is 16.1. The highest BCUT2D eigenvalue weighted by Gasteiger charge is 2.09. The minimum absolute atomic E-state index is 0.188. The van der Waals surface area contributed by atoms with Gasteiger partial charge in [-0.2, -0.15) is 5.10 Å². The van der Waals surface area contributed by atoms with Gasteiger partial charge in [-0.25, -0.2) is 9.49 Å². The fourth-order valence-corrected chi connectivity index (χ4v) is 2.27. The van der Waals surface area contributed by atoms with Gasteiger partial charge in [-0.3, -0.25) is 4.79 Å². The number of nitrogens with one attached hydrogen (secondary N) is 1. The average molecular weight is 301 g/mol. The van der Waals surface area contributed by atoms with E-state index in [4.69, 9.17) is 5.73 Å². The van der Waals surface area contributed by atoms with E-state index >= 15 is 0 Å². The predicted molar refractivity (Wildman–Crippen MR) is 87.3 cm³/mol. The van der Waals surface area contributed by atoms with E-state index < -0.39 is 6.17 Å². The number of benzene rings is 1. The summed E-state index contributed by atoms with van der Waals surface area (Å²) >= 11 is 0. The SMILES string of the molecule is CC/C=C(\C=C(\N)C(C)F)Cc1n[nH]c(=O)c2ccccc12. The van der Waals surface area contributed by atoms with Crippen LogP contribution < -0.4 is 11.3 Å². The molecular weight excluding hydrogens is 281 g/mol. The van der Waals surface area contributed by atoms with E-state index in [1.165, 1.54) is 6.92 Å². The highest BCUT2D eigenvalue weighted by atomic mass is 19.1. The predicted octanol–water partition coefficient (Wildman–Crippen LogP) is 3.00. The molecule has 3 N–H and O–H groups in total. The van der Waals surface area contributed by atoms with Gasteiger partial charge in [0.2, 0.25) is 0 Å². The topological polar surface area (TPSA) is 71.8 Å². The highest BCUT2D eigenvalue weighted by Crippen LogP contribution is 2.18. The van der Waals surface area contributed by atoms with E-state index in [9.17, 15) is 9.18 Å². The smallest absolute Gasteiger partial charge is 0.272 e. The minimum Gasteiger partial charge on any atom is -0.400 e. The number of alkyl halides is 1. The summed E-state index contributed by atoms with van der Waals surface area (Å²) in [6.07, 6.45) is 3.73. The van der Waals surface area contributed by atoms with Gasteiger partial charge in [-0.1, -0.05) is 31.2 Å². The zero-order valence-corrected chi connectivity index (χ0v) is 12.8. The van der Waals surface area contributed by atoms with Crippen LogP contribution in [-0.2, 0) is 6.42 Å². The maximum atomic E-state index is 13.3. The third kappa shape index (κ3) is 3.61. The maximum absolute atomic E-state index is 13.3. The van der Waals surface area contributed by atoms with E-state index in [2.05, 4.69) is 10.2 Å². The van der Waals surface area contributed by atoms with E-state index in [0.29, 0.717) is 11.8 Å². The fraction of sp³-hybridized carbons (Fsp3) is 0.294. The normalized spacial score (nSPS) is 14.3. The third-order valence-corrected chi connectivity index (χ3v) is 3.42. The second-order valence-corrected chi connectivity index (χ2v) is 5.17. The largest absolute Gasteiger partial charge is 0.400 e. The Labute approximate surface area is 128 Å². The molecule has 0 saturated carbocycles. The molecule has 1 aromatic heterocycles. The first-order valence-corrected chi connectivity index (χ1v) is 7.29. The Morgan fingerprint density at radius 2 is 2.09 bits per heavy atom. The van der Waals surface area contributed by atoms with Gasteiger partial charge in [0.25, 0.3) is 5.56 Å². The zero-order valence-electron chi connectivity index (χ0n) is 12.8. The lowest BCUT2D eigenvalue weighted by Crippen LogP contribution is -2.12. The number of H-pyrrole nitrogens is 1. The van der Waals surface area contributed by atoms with Crippen molar-refractivity contribution >= 4 is 10.8 Å². The number of nitrogens with zero attached hydrogens (tertiary/aromatic N) is 1. The molecule has 0 spiro atoms. The van der Waals surface area contributed by atoms with Gasteiger partial charge in [-0.05, 0) is 31.1 Å². The van der Waals surface area contributed by atoms with Crippen molar-refractivity contribution in [2.24, 2.45) is 5.73 Å². The van der Waals surface area contributed by atoms with Gasteiger partial charge < -0.3 is 5.73 Å². The summed E-state index contributed by atoms with van der Waals surface area (Å²) in [5, 5.41) is 8.04. The molecule has 5 heteroatoms. The number of halogens is 1. The molecule has 2 rings (SSSR count). The second kappa shape index (κ2) is 7.02. The van der Waals surface area contributed by atoms with Crippen molar-refractivity contribution < 1.29 is 4.39 Å². The van der Waals surface area contributed by atoms with Crippen LogP contribution in [0.15, 0.2) is 52.5 Å². The van der Waals surface area contributed by atoms with Crippen LogP contribution >= 0.6 is 0 Å². The monoisotopic (exact) mass is 301 g/mol. The van der Waals surface area contributed by atoms with Crippen LogP contribution in [0.4, 0.5) is 4.39 Å². The van der Waals surface area contributed by atoms with Gasteiger partial charge in [0.15, 0.2) is 0 Å². The summed E-state index contributed by atoms with van der Waals surface area (Å²) < 4.78 is 13.3. The van der Waals surface area contributed by atoms with Crippen LogP contribution in [0.2, 0.25) is 0 Å². The van der Waals surface area contributed by atoms with Gasteiger partial charge in [0.05, 0.1) is 11.1 Å². The number of nitrogens with two attached hydrogens (primary N) is 1. The summed E-state index contributed by atoms with van der Waals surface area (Å²) in [7, 11) is 0.